The average Bonchev–Trinajstić information content (AvgIpc) is 3.40. The van der Waals surface area contributed by atoms with Crippen LogP contribution in [0.1, 0.15) is 63.6 Å². The lowest BCUT2D eigenvalue weighted by atomic mass is 9.88. The number of benzene rings is 1. The van der Waals surface area contributed by atoms with Gasteiger partial charge in [-0.3, -0.25) is 4.79 Å². The standard InChI is InChI=1S/C27H23F2N5O4/c1-33-18-10-16(21-15(26(33)36)3-2-4-19(21)38-27(28)29)22-17-9-13(5-7-34(17)32-23(18)22)25-30-11-14(12-31-25)24(35)20-6-8-37-20/h2-5,7,9,11-12,16,18,20,24,27,35H,6,8,10H2,1H3/t16-,18-,20-,24-/m1/s1. The SMILES string of the molecule is CN1C(=O)c2cccc(OC(F)F)c2[C@H]2C[C@@H]1c1nn3ccc(-c4ncc([C@@H](O)[C@H]5CCO5)cn4)cc3c12. The number of nitrogens with zero attached hydrogens (tertiary/aromatic N) is 5. The molecule has 1 saturated heterocycles. The minimum absolute atomic E-state index is 0.00109. The fourth-order valence-electron chi connectivity index (χ4n) is 5.86. The first kappa shape index (κ1) is 23.2. The van der Waals surface area contributed by atoms with Gasteiger partial charge in [-0.05, 0) is 37.1 Å². The van der Waals surface area contributed by atoms with Gasteiger partial charge in [-0.25, -0.2) is 14.5 Å². The summed E-state index contributed by atoms with van der Waals surface area (Å²) >= 11 is 0. The van der Waals surface area contributed by atoms with Gasteiger partial charge >= 0.3 is 6.61 Å². The van der Waals surface area contributed by atoms with Crippen LogP contribution in [-0.2, 0) is 4.74 Å². The van der Waals surface area contributed by atoms with Crippen LogP contribution in [-0.4, -0.2) is 61.9 Å². The first-order valence-electron chi connectivity index (χ1n) is 12.4. The lowest BCUT2D eigenvalue weighted by Crippen LogP contribution is -2.33. The Labute approximate surface area is 215 Å². The van der Waals surface area contributed by atoms with Gasteiger partial charge in [0.25, 0.3) is 5.91 Å². The van der Waals surface area contributed by atoms with Crippen molar-refractivity contribution in [3.05, 3.63) is 76.9 Å². The molecule has 194 valence electrons. The average molecular weight is 520 g/mol. The Kier molecular flexibility index (Phi) is 5.21. The Balaban J connectivity index is 1.33. The molecule has 1 aromatic carbocycles. The van der Waals surface area contributed by atoms with E-state index in [-0.39, 0.29) is 29.7 Å². The van der Waals surface area contributed by atoms with Crippen LogP contribution in [0.3, 0.4) is 0 Å². The number of carbonyl (C=O) groups is 1. The van der Waals surface area contributed by atoms with Gasteiger partial charge in [0.05, 0.1) is 23.4 Å². The molecule has 11 heteroatoms. The van der Waals surface area contributed by atoms with Crippen molar-refractivity contribution >= 4 is 11.4 Å². The molecule has 3 aliphatic rings. The van der Waals surface area contributed by atoms with Crippen LogP contribution < -0.4 is 4.74 Å². The summed E-state index contributed by atoms with van der Waals surface area (Å²) in [5, 5.41) is 15.2. The third-order valence-corrected chi connectivity index (χ3v) is 7.83. The molecule has 0 radical (unpaired) electrons. The summed E-state index contributed by atoms with van der Waals surface area (Å²) in [4.78, 5) is 23.8. The van der Waals surface area contributed by atoms with Crippen molar-refractivity contribution < 1.29 is 28.2 Å². The molecule has 4 atom stereocenters. The molecule has 0 spiro atoms. The first-order valence-corrected chi connectivity index (χ1v) is 12.4. The van der Waals surface area contributed by atoms with Gasteiger partial charge in [-0.2, -0.15) is 13.9 Å². The monoisotopic (exact) mass is 519 g/mol. The van der Waals surface area contributed by atoms with Crippen molar-refractivity contribution in [1.29, 1.82) is 0 Å². The molecule has 0 unspecified atom stereocenters. The second-order valence-corrected chi connectivity index (χ2v) is 9.84. The minimum atomic E-state index is -3.01. The number of hydrogen-bond donors (Lipinski definition) is 1. The highest BCUT2D eigenvalue weighted by Crippen LogP contribution is 2.53. The van der Waals surface area contributed by atoms with Crippen LogP contribution in [0.4, 0.5) is 8.78 Å². The largest absolute Gasteiger partial charge is 0.434 e. The predicted octanol–water partition coefficient (Wildman–Crippen LogP) is 3.88. The van der Waals surface area contributed by atoms with Crippen LogP contribution >= 0.6 is 0 Å². The molecule has 3 aromatic heterocycles. The van der Waals surface area contributed by atoms with E-state index >= 15 is 0 Å². The Bertz CT molecular complexity index is 1570. The summed E-state index contributed by atoms with van der Waals surface area (Å²) in [6.07, 6.45) is 5.30. The number of aliphatic hydroxyl groups excluding tert-OH is 1. The van der Waals surface area contributed by atoms with E-state index in [4.69, 9.17) is 14.6 Å². The number of hydrogen-bond acceptors (Lipinski definition) is 7. The van der Waals surface area contributed by atoms with Gasteiger partial charge < -0.3 is 19.5 Å². The third-order valence-electron chi connectivity index (χ3n) is 7.83. The lowest BCUT2D eigenvalue weighted by Gasteiger charge is -2.30. The minimum Gasteiger partial charge on any atom is -0.434 e. The number of pyridine rings is 1. The van der Waals surface area contributed by atoms with Crippen molar-refractivity contribution in [2.75, 3.05) is 13.7 Å². The number of halogens is 2. The Morgan fingerprint density at radius 1 is 1.18 bits per heavy atom. The predicted molar refractivity (Wildman–Crippen MR) is 130 cm³/mol. The van der Waals surface area contributed by atoms with Crippen molar-refractivity contribution in [3.8, 4) is 17.1 Å². The van der Waals surface area contributed by atoms with E-state index in [9.17, 15) is 18.7 Å². The van der Waals surface area contributed by atoms with Crippen LogP contribution in [0.2, 0.25) is 0 Å². The summed E-state index contributed by atoms with van der Waals surface area (Å²) in [6.45, 7) is -2.37. The van der Waals surface area contributed by atoms with Gasteiger partial charge in [0.2, 0.25) is 0 Å². The normalized spacial score (nSPS) is 22.7. The second kappa shape index (κ2) is 8.53. The summed E-state index contributed by atoms with van der Waals surface area (Å²) in [5.41, 5.74) is 4.53. The van der Waals surface area contributed by atoms with Crippen LogP contribution in [0.5, 0.6) is 5.75 Å². The number of amides is 1. The maximum Gasteiger partial charge on any atom is 0.387 e. The molecule has 38 heavy (non-hydrogen) atoms. The highest BCUT2D eigenvalue weighted by atomic mass is 19.3. The van der Waals surface area contributed by atoms with Gasteiger partial charge in [0.15, 0.2) is 5.82 Å². The molecule has 4 aromatic rings. The lowest BCUT2D eigenvalue weighted by molar-refractivity contribution is -0.118. The second-order valence-electron chi connectivity index (χ2n) is 9.84. The molecule has 1 N–H and O–H groups in total. The molecule has 0 saturated carbocycles. The molecule has 1 aliphatic carbocycles. The maximum absolute atomic E-state index is 13.3. The van der Waals surface area contributed by atoms with E-state index in [1.165, 1.54) is 6.07 Å². The van der Waals surface area contributed by atoms with E-state index in [2.05, 4.69) is 9.97 Å². The van der Waals surface area contributed by atoms with E-state index in [1.54, 1.807) is 47.2 Å². The van der Waals surface area contributed by atoms with Gasteiger partial charge in [-0.1, -0.05) is 6.07 Å². The number of fused-ring (bicyclic) bond motifs is 9. The quantitative estimate of drug-likeness (QED) is 0.427. The molecule has 1 fully saturated rings. The zero-order valence-electron chi connectivity index (χ0n) is 20.3. The van der Waals surface area contributed by atoms with Crippen LogP contribution in [0, 0.1) is 0 Å². The Morgan fingerprint density at radius 3 is 2.68 bits per heavy atom. The molecule has 9 nitrogen and oxygen atoms in total. The molecule has 5 heterocycles. The summed E-state index contributed by atoms with van der Waals surface area (Å²) in [6, 6.07) is 8.15. The Morgan fingerprint density at radius 2 is 1.97 bits per heavy atom. The summed E-state index contributed by atoms with van der Waals surface area (Å²) < 4.78 is 38.6. The van der Waals surface area contributed by atoms with Gasteiger partial charge in [-0.15, -0.1) is 0 Å². The molecule has 2 bridgehead atoms. The third kappa shape index (κ3) is 3.42. The summed E-state index contributed by atoms with van der Waals surface area (Å²) in [7, 11) is 1.71. The first-order chi connectivity index (χ1) is 18.4. The van der Waals surface area contributed by atoms with Crippen molar-refractivity contribution in [2.24, 2.45) is 0 Å². The maximum atomic E-state index is 13.3. The number of alkyl halides is 2. The van der Waals surface area contributed by atoms with E-state index < -0.39 is 12.7 Å². The van der Waals surface area contributed by atoms with Gasteiger partial charge in [0.1, 0.15) is 11.9 Å². The van der Waals surface area contributed by atoms with Crippen molar-refractivity contribution in [1.82, 2.24) is 24.5 Å². The van der Waals surface area contributed by atoms with E-state index in [1.807, 2.05) is 12.1 Å². The Hall–Kier alpha value is -3.96. The zero-order valence-corrected chi connectivity index (χ0v) is 20.3. The summed E-state index contributed by atoms with van der Waals surface area (Å²) in [5.74, 6) is -0.136. The topological polar surface area (TPSA) is 102 Å². The van der Waals surface area contributed by atoms with E-state index in [0.29, 0.717) is 35.5 Å². The number of aliphatic hydroxyl groups is 1. The molecule has 1 amide bonds. The number of aromatic nitrogens is 4. The molecule has 7 rings (SSSR count). The number of rotatable bonds is 5. The van der Waals surface area contributed by atoms with Crippen molar-refractivity contribution in [2.45, 2.75) is 43.6 Å². The van der Waals surface area contributed by atoms with Gasteiger partial charge in [0, 0.05) is 66.0 Å². The number of ether oxygens (including phenoxy) is 2. The fraction of sp³-hybridized carbons (Fsp3) is 0.333. The van der Waals surface area contributed by atoms with Crippen LogP contribution in [0.15, 0.2) is 48.9 Å². The molecular formula is C27H23F2N5O4. The highest BCUT2D eigenvalue weighted by molar-refractivity contribution is 5.98. The zero-order chi connectivity index (χ0) is 26.1. The van der Waals surface area contributed by atoms with Crippen LogP contribution in [0.25, 0.3) is 16.9 Å². The molecule has 2 aliphatic heterocycles. The van der Waals surface area contributed by atoms with Crippen molar-refractivity contribution in [3.63, 3.8) is 0 Å². The smallest absolute Gasteiger partial charge is 0.387 e. The van der Waals surface area contributed by atoms with E-state index in [0.717, 1.165) is 28.8 Å². The molecular weight excluding hydrogens is 496 g/mol. The highest BCUT2D eigenvalue weighted by Gasteiger charge is 2.46. The fourth-order valence-corrected chi connectivity index (χ4v) is 5.86. The number of carbonyl (C=O) groups excluding carboxylic acids is 1.